The van der Waals surface area contributed by atoms with Crippen LogP contribution in [0.3, 0.4) is 0 Å². The second-order valence-electron chi connectivity index (χ2n) is 9.64. The summed E-state index contributed by atoms with van der Waals surface area (Å²) in [6, 6.07) is 6.26. The number of carboxylic acids is 1. The van der Waals surface area contributed by atoms with Crippen LogP contribution >= 0.6 is 27.3 Å². The number of carboxylic acid groups (broad SMARTS) is 1. The van der Waals surface area contributed by atoms with Crippen molar-refractivity contribution in [2.75, 3.05) is 0 Å². The summed E-state index contributed by atoms with van der Waals surface area (Å²) in [5.74, 6) is 0.986. The van der Waals surface area contributed by atoms with Crippen molar-refractivity contribution in [2.24, 2.45) is 23.2 Å². The molecule has 1 aromatic carbocycles. The molecule has 4 nitrogen and oxygen atoms in total. The third kappa shape index (κ3) is 4.61. The van der Waals surface area contributed by atoms with Crippen molar-refractivity contribution >= 4 is 49.2 Å². The van der Waals surface area contributed by atoms with Gasteiger partial charge in [0.05, 0.1) is 5.56 Å². The third-order valence-corrected chi connectivity index (χ3v) is 8.96. The predicted octanol–water partition coefficient (Wildman–Crippen LogP) is 6.65. The van der Waals surface area contributed by atoms with Crippen LogP contribution in [0.1, 0.15) is 62.7 Å². The van der Waals surface area contributed by atoms with Crippen molar-refractivity contribution in [3.63, 3.8) is 0 Å². The van der Waals surface area contributed by atoms with Gasteiger partial charge in [0, 0.05) is 32.4 Å². The molecule has 2 bridgehead atoms. The quantitative estimate of drug-likeness (QED) is 0.313. The molecule has 0 saturated heterocycles. The van der Waals surface area contributed by atoms with Gasteiger partial charge in [-0.2, -0.15) is 0 Å². The normalized spacial score (nSPS) is 26.7. The summed E-state index contributed by atoms with van der Waals surface area (Å²) in [5, 5.41) is 15.2. The second-order valence-corrected chi connectivity index (χ2v) is 11.5. The van der Waals surface area contributed by atoms with E-state index in [1.54, 1.807) is 11.3 Å². The lowest BCUT2D eigenvalue weighted by Gasteiger charge is -2.62. The number of hydrogen-bond acceptors (Lipinski definition) is 3. The number of hydrogen-bond donors (Lipinski definition) is 2. The molecule has 1 aromatic heterocycles. The molecule has 0 radical (unpaired) electrons. The molecular formula is C25H30BrNO3S. The highest BCUT2D eigenvalue weighted by Crippen LogP contribution is 2.61. The monoisotopic (exact) mass is 503 g/mol. The highest BCUT2D eigenvalue weighted by atomic mass is 79.9. The third-order valence-electron chi connectivity index (χ3n) is 7.52. The first-order valence-electron chi connectivity index (χ1n) is 11.1. The predicted molar refractivity (Wildman–Crippen MR) is 130 cm³/mol. The number of amides is 1. The molecule has 3 saturated carbocycles. The van der Waals surface area contributed by atoms with Crippen LogP contribution in [0, 0.1) is 23.2 Å². The van der Waals surface area contributed by atoms with Crippen LogP contribution < -0.4 is 5.32 Å². The van der Waals surface area contributed by atoms with Gasteiger partial charge in [-0.3, -0.25) is 9.59 Å². The zero-order valence-electron chi connectivity index (χ0n) is 18.1. The molecule has 2 N–H and O–H groups in total. The van der Waals surface area contributed by atoms with Crippen molar-refractivity contribution in [1.29, 1.82) is 0 Å². The number of halogens is 1. The van der Waals surface area contributed by atoms with Crippen LogP contribution in [0.2, 0.25) is 0 Å². The summed E-state index contributed by atoms with van der Waals surface area (Å²) in [5.41, 5.74) is 1.05. The van der Waals surface area contributed by atoms with Crippen LogP contribution in [0.15, 0.2) is 40.2 Å². The highest BCUT2D eigenvalue weighted by molar-refractivity contribution is 9.10. The lowest BCUT2D eigenvalue weighted by Crippen LogP contribution is -2.63. The van der Waals surface area contributed by atoms with Gasteiger partial charge in [0.25, 0.3) is 5.91 Å². The summed E-state index contributed by atoms with van der Waals surface area (Å²) in [4.78, 5) is 23.9. The fourth-order valence-electron chi connectivity index (χ4n) is 5.53. The zero-order chi connectivity index (χ0) is 22.2. The van der Waals surface area contributed by atoms with E-state index in [1.165, 1.54) is 6.42 Å². The molecule has 2 aromatic rings. The van der Waals surface area contributed by atoms with Gasteiger partial charge in [-0.25, -0.2) is 0 Å². The Morgan fingerprint density at radius 2 is 2.10 bits per heavy atom. The van der Waals surface area contributed by atoms with E-state index in [0.717, 1.165) is 45.3 Å². The fourth-order valence-corrected chi connectivity index (χ4v) is 7.03. The Balaban J connectivity index is 1.45. The minimum absolute atomic E-state index is 0.0372. The number of carbonyl (C=O) groups excluding carboxylic acids is 1. The number of nitrogens with one attached hydrogen (secondary N) is 1. The molecule has 1 amide bonds. The minimum Gasteiger partial charge on any atom is -0.481 e. The van der Waals surface area contributed by atoms with E-state index in [4.69, 9.17) is 5.11 Å². The Bertz CT molecular complexity index is 1010. The van der Waals surface area contributed by atoms with Crippen LogP contribution in [0.4, 0.5) is 0 Å². The van der Waals surface area contributed by atoms with Crippen LogP contribution in [0.5, 0.6) is 0 Å². The number of rotatable bonds is 8. The van der Waals surface area contributed by atoms with Crippen molar-refractivity contribution in [3.8, 4) is 0 Å². The molecule has 0 unspecified atom stereocenters. The number of unbranched alkanes of at least 4 members (excludes halogenated alkanes) is 1. The first-order chi connectivity index (χ1) is 14.8. The lowest BCUT2D eigenvalue weighted by atomic mass is 9.44. The molecule has 3 fully saturated rings. The van der Waals surface area contributed by atoms with Crippen LogP contribution in [-0.2, 0) is 4.79 Å². The van der Waals surface area contributed by atoms with Gasteiger partial charge in [0.1, 0.15) is 0 Å². The van der Waals surface area contributed by atoms with Gasteiger partial charge in [0.2, 0.25) is 0 Å². The van der Waals surface area contributed by atoms with Gasteiger partial charge < -0.3 is 10.4 Å². The van der Waals surface area contributed by atoms with Gasteiger partial charge in [-0.1, -0.05) is 48.0 Å². The maximum absolute atomic E-state index is 13.3. The molecule has 4 atom stereocenters. The number of thiophene rings is 1. The standard InChI is InChI=1S/C25H30BrNO3S/c1-25(2)16-11-15(7-5-3-4-6-8-22(28)29)23(20(25)12-16)27-24(30)19-14-31-21-13-17(26)9-10-18(19)21/h3,5,9-10,13-16,20,23H,4,6-8,11-12H2,1-2H3,(H,27,30)(H,28,29)/b5-3-/t15-,16+,20+,23-/m1/s1. The topological polar surface area (TPSA) is 66.4 Å². The van der Waals surface area contributed by atoms with Gasteiger partial charge in [-0.15, -0.1) is 11.3 Å². The summed E-state index contributed by atoms with van der Waals surface area (Å²) in [6.45, 7) is 4.70. The molecule has 0 aliphatic heterocycles. The molecule has 6 heteroatoms. The first-order valence-corrected chi connectivity index (χ1v) is 12.8. The minimum atomic E-state index is -0.737. The molecule has 31 heavy (non-hydrogen) atoms. The smallest absolute Gasteiger partial charge is 0.303 e. The highest BCUT2D eigenvalue weighted by Gasteiger charge is 2.57. The second kappa shape index (κ2) is 9.07. The molecule has 1 heterocycles. The number of carbonyl (C=O) groups is 2. The number of benzene rings is 1. The number of aliphatic carboxylic acids is 1. The van der Waals surface area contributed by atoms with E-state index in [-0.39, 0.29) is 23.8 Å². The molecule has 5 rings (SSSR count). The van der Waals surface area contributed by atoms with E-state index in [2.05, 4.69) is 53.3 Å². The van der Waals surface area contributed by atoms with E-state index >= 15 is 0 Å². The van der Waals surface area contributed by atoms with Gasteiger partial charge in [0.15, 0.2) is 0 Å². The Morgan fingerprint density at radius 1 is 1.29 bits per heavy atom. The van der Waals surface area contributed by atoms with E-state index in [0.29, 0.717) is 18.3 Å². The fraction of sp³-hybridized carbons (Fsp3) is 0.520. The summed E-state index contributed by atoms with van der Waals surface area (Å²) in [7, 11) is 0. The van der Waals surface area contributed by atoms with Crippen molar-refractivity contribution < 1.29 is 14.7 Å². The molecule has 3 aliphatic carbocycles. The Hall–Kier alpha value is -1.66. The van der Waals surface area contributed by atoms with Crippen LogP contribution in [-0.4, -0.2) is 23.0 Å². The largest absolute Gasteiger partial charge is 0.481 e. The summed E-state index contributed by atoms with van der Waals surface area (Å²) in [6.07, 6.45) is 9.28. The Labute approximate surface area is 196 Å². The number of allylic oxidation sites excluding steroid dienone is 2. The average molecular weight is 504 g/mol. The SMILES string of the molecule is CC1(C)[C@H]2C[C@@H](C/C=C\CCCC(=O)O)[C@@H](NC(=O)c3csc4cc(Br)ccc34)[C@@H]1C2. The van der Waals surface area contributed by atoms with E-state index in [9.17, 15) is 9.59 Å². The maximum atomic E-state index is 13.3. The van der Waals surface area contributed by atoms with Crippen molar-refractivity contribution in [3.05, 3.63) is 45.8 Å². The number of fused-ring (bicyclic) bond motifs is 3. The van der Waals surface area contributed by atoms with Crippen LogP contribution in [0.25, 0.3) is 10.1 Å². The Kier molecular flexibility index (Phi) is 6.59. The maximum Gasteiger partial charge on any atom is 0.303 e. The lowest BCUT2D eigenvalue weighted by molar-refractivity contribution is -0.137. The van der Waals surface area contributed by atoms with E-state index < -0.39 is 5.97 Å². The van der Waals surface area contributed by atoms with Gasteiger partial charge >= 0.3 is 5.97 Å². The Morgan fingerprint density at radius 3 is 2.84 bits per heavy atom. The summed E-state index contributed by atoms with van der Waals surface area (Å²) >= 11 is 5.12. The zero-order valence-corrected chi connectivity index (χ0v) is 20.5. The van der Waals surface area contributed by atoms with E-state index in [1.807, 2.05) is 17.5 Å². The molecular weight excluding hydrogens is 474 g/mol. The molecule has 0 spiro atoms. The molecule has 3 aliphatic rings. The first kappa shape index (κ1) is 22.5. The summed E-state index contributed by atoms with van der Waals surface area (Å²) < 4.78 is 2.15. The molecule has 166 valence electrons. The van der Waals surface area contributed by atoms with Crippen molar-refractivity contribution in [2.45, 2.75) is 58.4 Å². The van der Waals surface area contributed by atoms with Gasteiger partial charge in [-0.05, 0) is 67.4 Å². The van der Waals surface area contributed by atoms with Crippen molar-refractivity contribution in [1.82, 2.24) is 5.32 Å². The average Bonchev–Trinajstić information content (AvgIpc) is 3.13.